The molecule has 0 bridgehead atoms. The molecule has 12 heteroatoms. The number of nitrogens with two attached hydrogens (primary N) is 1. The molecule has 1 amide bonds. The highest BCUT2D eigenvalue weighted by Gasteiger charge is 2.19. The molecule has 3 heterocycles. The van der Waals surface area contributed by atoms with Gasteiger partial charge in [-0.2, -0.15) is 10.1 Å². The summed E-state index contributed by atoms with van der Waals surface area (Å²) in [7, 11) is 0. The van der Waals surface area contributed by atoms with Gasteiger partial charge in [-0.15, -0.1) is 5.10 Å². The van der Waals surface area contributed by atoms with Gasteiger partial charge in [0.25, 0.3) is 5.91 Å². The Hall–Kier alpha value is -4.58. The molecule has 34 heavy (non-hydrogen) atoms. The highest BCUT2D eigenvalue weighted by Crippen LogP contribution is 2.31. The molecule has 1 atom stereocenters. The van der Waals surface area contributed by atoms with Gasteiger partial charge in [-0.05, 0) is 48.4 Å². The maximum absolute atomic E-state index is 13.1. The number of pyridine rings is 1. The highest BCUT2D eigenvalue weighted by molar-refractivity contribution is 6.03. The molecule has 10 nitrogen and oxygen atoms in total. The first-order valence-corrected chi connectivity index (χ1v) is 10.2. The number of hydrogen-bond donors (Lipinski definition) is 3. The van der Waals surface area contributed by atoms with Crippen molar-refractivity contribution in [2.75, 3.05) is 5.73 Å². The second-order valence-corrected chi connectivity index (χ2v) is 7.57. The molecule has 0 radical (unpaired) electrons. The molecule has 0 saturated carbocycles. The van der Waals surface area contributed by atoms with Crippen LogP contribution in [0.2, 0.25) is 0 Å². The Morgan fingerprint density at radius 1 is 1.24 bits per heavy atom. The standard InChI is InChI=1S/C22H18F2N8O2/c1-12(15-4-2-3-5-19(15)34-32(23)24)27-21(33)14-8-16(17-11-26-29-18(17)9-14)13-6-7-31-20(10-13)28-22(25)30-31/h2-12H,1H3,(H2,25,30)(H,26,29)(H,27,33). The molecule has 0 aliphatic rings. The third kappa shape index (κ3) is 3.97. The first-order chi connectivity index (χ1) is 16.4. The summed E-state index contributed by atoms with van der Waals surface area (Å²) < 4.78 is 26.8. The van der Waals surface area contributed by atoms with E-state index in [0.717, 1.165) is 16.5 Å². The number of carbonyl (C=O) groups is 1. The number of aromatic amines is 1. The number of carbonyl (C=O) groups excluding carboxylic acids is 1. The van der Waals surface area contributed by atoms with Crippen LogP contribution >= 0.6 is 0 Å². The molecule has 5 aromatic rings. The van der Waals surface area contributed by atoms with Gasteiger partial charge in [0, 0.05) is 22.7 Å². The molecule has 1 unspecified atom stereocenters. The lowest BCUT2D eigenvalue weighted by Gasteiger charge is -2.18. The highest BCUT2D eigenvalue weighted by atomic mass is 19.4. The summed E-state index contributed by atoms with van der Waals surface area (Å²) in [5.41, 5.74) is 7.81. The van der Waals surface area contributed by atoms with Crippen LogP contribution in [0.5, 0.6) is 5.75 Å². The minimum Gasteiger partial charge on any atom is -0.366 e. The molecule has 0 saturated heterocycles. The van der Waals surface area contributed by atoms with Gasteiger partial charge in [-0.1, -0.05) is 27.2 Å². The van der Waals surface area contributed by atoms with Crippen molar-refractivity contribution in [2.45, 2.75) is 13.0 Å². The predicted octanol–water partition coefficient (Wildman–Crippen LogP) is 3.71. The fraction of sp³-hybridized carbons (Fsp3) is 0.0909. The first kappa shape index (κ1) is 21.3. The third-order valence-electron chi connectivity index (χ3n) is 5.39. The maximum Gasteiger partial charge on any atom is 0.251 e. The van der Waals surface area contributed by atoms with Gasteiger partial charge >= 0.3 is 0 Å². The summed E-state index contributed by atoms with van der Waals surface area (Å²) >= 11 is 0. The fourth-order valence-electron chi connectivity index (χ4n) is 3.84. The summed E-state index contributed by atoms with van der Waals surface area (Å²) in [5.74, 6) is -0.309. The molecule has 2 aromatic carbocycles. The number of nitrogens with zero attached hydrogens (tertiary/aromatic N) is 5. The summed E-state index contributed by atoms with van der Waals surface area (Å²) in [6, 6.07) is 12.7. The molecule has 0 spiro atoms. The van der Waals surface area contributed by atoms with Crippen LogP contribution < -0.4 is 15.9 Å². The Labute approximate surface area is 190 Å². The minimum atomic E-state index is -1.38. The van der Waals surface area contributed by atoms with Crippen molar-refractivity contribution in [3.8, 4) is 16.9 Å². The average Bonchev–Trinajstić information content (AvgIpc) is 3.43. The third-order valence-corrected chi connectivity index (χ3v) is 5.39. The van der Waals surface area contributed by atoms with Crippen LogP contribution in [-0.4, -0.2) is 36.2 Å². The van der Waals surface area contributed by atoms with Crippen molar-refractivity contribution in [2.24, 2.45) is 0 Å². The number of hydrogen-bond acceptors (Lipinski definition) is 7. The van der Waals surface area contributed by atoms with Gasteiger partial charge in [0.1, 0.15) is 0 Å². The lowest BCUT2D eigenvalue weighted by Crippen LogP contribution is -2.27. The Balaban J connectivity index is 1.49. The second kappa shape index (κ2) is 8.41. The van der Waals surface area contributed by atoms with E-state index in [1.54, 1.807) is 54.2 Å². The van der Waals surface area contributed by atoms with Crippen molar-refractivity contribution < 1.29 is 18.6 Å². The zero-order valence-electron chi connectivity index (χ0n) is 17.7. The monoisotopic (exact) mass is 464 g/mol. The lowest BCUT2D eigenvalue weighted by atomic mass is 9.99. The van der Waals surface area contributed by atoms with Crippen LogP contribution in [0.15, 0.2) is 60.9 Å². The topological polar surface area (TPSA) is 126 Å². The largest absolute Gasteiger partial charge is 0.366 e. The fourth-order valence-corrected chi connectivity index (χ4v) is 3.84. The molecule has 0 aliphatic heterocycles. The van der Waals surface area contributed by atoms with Crippen LogP contribution in [0.4, 0.5) is 14.9 Å². The van der Waals surface area contributed by atoms with Crippen LogP contribution in [-0.2, 0) is 0 Å². The molecule has 4 N–H and O–H groups in total. The smallest absolute Gasteiger partial charge is 0.251 e. The number of nitrogens with one attached hydrogen (secondary N) is 2. The normalized spacial score (nSPS) is 12.4. The molecule has 5 rings (SSSR count). The van der Waals surface area contributed by atoms with E-state index in [1.807, 2.05) is 12.1 Å². The molecule has 0 aliphatic carbocycles. The van der Waals surface area contributed by atoms with E-state index in [2.05, 4.69) is 30.4 Å². The zero-order chi connectivity index (χ0) is 23.8. The number of aromatic nitrogens is 5. The quantitative estimate of drug-likeness (QED) is 0.258. The van der Waals surface area contributed by atoms with Gasteiger partial charge < -0.3 is 15.9 Å². The van der Waals surface area contributed by atoms with Crippen molar-refractivity contribution in [3.63, 3.8) is 0 Å². The van der Waals surface area contributed by atoms with Gasteiger partial charge in [-0.25, -0.2) is 4.52 Å². The van der Waals surface area contributed by atoms with Crippen LogP contribution in [0.3, 0.4) is 0 Å². The van der Waals surface area contributed by atoms with Gasteiger partial charge in [0.15, 0.2) is 11.4 Å². The molecule has 172 valence electrons. The Morgan fingerprint density at radius 3 is 2.88 bits per heavy atom. The summed E-state index contributed by atoms with van der Waals surface area (Å²) in [6.07, 6.45) is 3.40. The van der Waals surface area contributed by atoms with E-state index in [9.17, 15) is 13.8 Å². The van der Waals surface area contributed by atoms with Gasteiger partial charge in [0.2, 0.25) is 11.5 Å². The van der Waals surface area contributed by atoms with E-state index in [1.165, 1.54) is 6.07 Å². The Kier molecular flexibility index (Phi) is 5.26. The van der Waals surface area contributed by atoms with Crippen LogP contribution in [0.25, 0.3) is 27.7 Å². The molecular formula is C22H18F2N8O2. The van der Waals surface area contributed by atoms with Crippen molar-refractivity contribution in [1.29, 1.82) is 0 Å². The number of anilines is 1. The zero-order valence-corrected chi connectivity index (χ0v) is 17.7. The number of rotatable bonds is 6. The average molecular weight is 464 g/mol. The van der Waals surface area contributed by atoms with Gasteiger partial charge in [-0.3, -0.25) is 9.89 Å². The number of nitrogen functional groups attached to an aromatic ring is 1. The summed E-state index contributed by atoms with van der Waals surface area (Å²) in [4.78, 5) is 21.8. The number of amides is 1. The summed E-state index contributed by atoms with van der Waals surface area (Å²) in [5, 5.41) is 14.7. The maximum atomic E-state index is 13.1. The Bertz CT molecular complexity index is 1510. The van der Waals surface area contributed by atoms with E-state index < -0.39 is 17.5 Å². The number of H-pyrrole nitrogens is 1. The number of halogens is 2. The van der Waals surface area contributed by atoms with E-state index >= 15 is 0 Å². The van der Waals surface area contributed by atoms with E-state index in [4.69, 9.17) is 5.73 Å². The number of para-hydroxylation sites is 1. The van der Waals surface area contributed by atoms with Crippen LogP contribution in [0.1, 0.15) is 28.9 Å². The first-order valence-electron chi connectivity index (χ1n) is 10.2. The molecular weight excluding hydrogens is 446 g/mol. The molecule has 3 aromatic heterocycles. The second-order valence-electron chi connectivity index (χ2n) is 7.57. The van der Waals surface area contributed by atoms with Crippen LogP contribution in [0, 0.1) is 0 Å². The SMILES string of the molecule is CC(NC(=O)c1cc(-c2ccn3nc(N)nc3c2)c2cn[nH]c2c1)c1ccccc1ON(F)F. The Morgan fingerprint density at radius 2 is 2.06 bits per heavy atom. The van der Waals surface area contributed by atoms with Crippen molar-refractivity contribution >= 4 is 28.4 Å². The summed E-state index contributed by atoms with van der Waals surface area (Å²) in [6.45, 7) is 1.68. The lowest BCUT2D eigenvalue weighted by molar-refractivity contribution is -0.338. The predicted molar refractivity (Wildman–Crippen MR) is 119 cm³/mol. The van der Waals surface area contributed by atoms with E-state index in [-0.39, 0.29) is 11.7 Å². The minimum absolute atomic E-state index is 0.0640. The van der Waals surface area contributed by atoms with E-state index in [0.29, 0.717) is 22.3 Å². The van der Waals surface area contributed by atoms with Gasteiger partial charge in [0.05, 0.1) is 17.8 Å². The molecule has 0 fully saturated rings. The van der Waals surface area contributed by atoms with Crippen molar-refractivity contribution in [3.05, 3.63) is 72.1 Å². The van der Waals surface area contributed by atoms with Crippen molar-refractivity contribution in [1.82, 2.24) is 35.6 Å². The number of benzene rings is 2. The number of fused-ring (bicyclic) bond motifs is 2.